The van der Waals surface area contributed by atoms with Crippen LogP contribution in [-0.2, 0) is 0 Å². The van der Waals surface area contributed by atoms with Gasteiger partial charge in [0.15, 0.2) is 0 Å². The predicted octanol–water partition coefficient (Wildman–Crippen LogP) is 2.54. The summed E-state index contributed by atoms with van der Waals surface area (Å²) in [6, 6.07) is 5.30. The highest BCUT2D eigenvalue weighted by atomic mass is 16.5. The molecule has 2 N–H and O–H groups in total. The van der Waals surface area contributed by atoms with Crippen LogP contribution in [0.1, 0.15) is 42.5 Å². The highest BCUT2D eigenvalue weighted by Crippen LogP contribution is 2.25. The Hall–Kier alpha value is -2.28. The van der Waals surface area contributed by atoms with Crippen molar-refractivity contribution in [2.75, 3.05) is 45.7 Å². The summed E-state index contributed by atoms with van der Waals surface area (Å²) >= 11 is 0. The Bertz CT molecular complexity index is 673. The number of amides is 3. The number of ether oxygens (including phenoxy) is 1. The van der Waals surface area contributed by atoms with Gasteiger partial charge in [-0.15, -0.1) is 0 Å². The van der Waals surface area contributed by atoms with Gasteiger partial charge >= 0.3 is 6.03 Å². The van der Waals surface area contributed by atoms with Crippen molar-refractivity contribution in [1.29, 1.82) is 0 Å². The lowest BCUT2D eigenvalue weighted by Crippen LogP contribution is -2.50. The van der Waals surface area contributed by atoms with Gasteiger partial charge in [0, 0.05) is 31.9 Å². The molecule has 1 unspecified atom stereocenters. The molecular formula is C20H30N4O3. The van der Waals surface area contributed by atoms with E-state index in [1.54, 1.807) is 25.2 Å². The molecule has 2 heterocycles. The quantitative estimate of drug-likeness (QED) is 0.831. The Morgan fingerprint density at radius 1 is 1.15 bits per heavy atom. The fourth-order valence-corrected chi connectivity index (χ4v) is 4.01. The van der Waals surface area contributed by atoms with Crippen LogP contribution in [0.15, 0.2) is 18.2 Å². The molecule has 7 nitrogen and oxygen atoms in total. The minimum atomic E-state index is -0.243. The highest BCUT2D eigenvalue weighted by Gasteiger charge is 2.29. The number of likely N-dealkylation sites (tertiary alicyclic amines) is 2. The minimum Gasteiger partial charge on any atom is -0.496 e. The second-order valence-corrected chi connectivity index (χ2v) is 7.28. The first-order valence-corrected chi connectivity index (χ1v) is 9.82. The number of anilines is 1. The Morgan fingerprint density at radius 3 is 2.59 bits per heavy atom. The smallest absolute Gasteiger partial charge is 0.322 e. The minimum absolute atomic E-state index is 0.0908. The maximum atomic E-state index is 12.9. The first-order valence-electron chi connectivity index (χ1n) is 9.82. The number of urea groups is 1. The summed E-state index contributed by atoms with van der Waals surface area (Å²) < 4.78 is 5.25. The summed E-state index contributed by atoms with van der Waals surface area (Å²) in [6.45, 7) is 4.02. The zero-order valence-corrected chi connectivity index (χ0v) is 16.3. The van der Waals surface area contributed by atoms with Gasteiger partial charge in [0.25, 0.3) is 5.91 Å². The zero-order chi connectivity index (χ0) is 19.2. The summed E-state index contributed by atoms with van der Waals surface area (Å²) in [7, 11) is 3.10. The molecular weight excluding hydrogens is 344 g/mol. The van der Waals surface area contributed by atoms with E-state index in [4.69, 9.17) is 4.74 Å². The van der Waals surface area contributed by atoms with Gasteiger partial charge in [0.05, 0.1) is 12.7 Å². The molecule has 0 saturated carbocycles. The molecule has 7 heteroatoms. The molecule has 2 fully saturated rings. The lowest BCUT2D eigenvalue weighted by Gasteiger charge is -2.37. The standard InChI is InChI=1S/C20H30N4O3/c1-21-19(25)17-13-15(8-9-18(17)27-2)22-20(26)24-12-4-3-7-16(24)14-23-10-5-6-11-23/h8-9,13,16H,3-7,10-12,14H2,1-2H3,(H,21,25)(H,22,26). The van der Waals surface area contributed by atoms with Gasteiger partial charge in [0.2, 0.25) is 0 Å². The maximum absolute atomic E-state index is 12.9. The molecule has 1 aromatic carbocycles. The van der Waals surface area contributed by atoms with E-state index in [1.165, 1.54) is 26.4 Å². The molecule has 0 aliphatic carbocycles. The number of piperidine rings is 1. The monoisotopic (exact) mass is 374 g/mol. The second kappa shape index (κ2) is 9.08. The van der Waals surface area contributed by atoms with Crippen molar-refractivity contribution < 1.29 is 14.3 Å². The van der Waals surface area contributed by atoms with Crippen LogP contribution in [-0.4, -0.2) is 68.1 Å². The van der Waals surface area contributed by atoms with Gasteiger partial charge in [-0.25, -0.2) is 4.79 Å². The molecule has 0 spiro atoms. The molecule has 1 atom stereocenters. The van der Waals surface area contributed by atoms with E-state index < -0.39 is 0 Å². The number of rotatable bonds is 5. The number of nitrogens with one attached hydrogen (secondary N) is 2. The third-order valence-electron chi connectivity index (χ3n) is 5.48. The molecule has 0 bridgehead atoms. The molecule has 2 aliphatic rings. The van der Waals surface area contributed by atoms with Gasteiger partial charge < -0.3 is 25.2 Å². The number of hydrogen-bond acceptors (Lipinski definition) is 4. The third-order valence-corrected chi connectivity index (χ3v) is 5.48. The van der Waals surface area contributed by atoms with E-state index in [9.17, 15) is 9.59 Å². The van der Waals surface area contributed by atoms with Crippen LogP contribution in [0.2, 0.25) is 0 Å². The normalized spacial score (nSPS) is 20.4. The lowest BCUT2D eigenvalue weighted by molar-refractivity contribution is 0.0960. The largest absolute Gasteiger partial charge is 0.496 e. The second-order valence-electron chi connectivity index (χ2n) is 7.28. The van der Waals surface area contributed by atoms with Crippen molar-refractivity contribution in [3.63, 3.8) is 0 Å². The Labute approximate surface area is 161 Å². The SMILES string of the molecule is CNC(=O)c1cc(NC(=O)N2CCCCC2CN2CCCC2)ccc1OC. The van der Waals surface area contributed by atoms with Crippen LogP contribution in [0.25, 0.3) is 0 Å². The summed E-state index contributed by atoms with van der Waals surface area (Å²) in [5, 5.41) is 5.57. The maximum Gasteiger partial charge on any atom is 0.322 e. The Kier molecular flexibility index (Phi) is 6.55. The van der Waals surface area contributed by atoms with Gasteiger partial charge in [0.1, 0.15) is 5.75 Å². The number of hydrogen-bond donors (Lipinski definition) is 2. The van der Waals surface area contributed by atoms with E-state index in [1.807, 2.05) is 4.90 Å². The molecule has 3 amide bonds. The summed E-state index contributed by atoms with van der Waals surface area (Å²) in [4.78, 5) is 29.4. The fraction of sp³-hybridized carbons (Fsp3) is 0.600. The number of nitrogens with zero attached hydrogens (tertiary/aromatic N) is 2. The van der Waals surface area contributed by atoms with Crippen LogP contribution in [0.3, 0.4) is 0 Å². The van der Waals surface area contributed by atoms with Crippen molar-refractivity contribution in [3.05, 3.63) is 23.8 Å². The van der Waals surface area contributed by atoms with Crippen molar-refractivity contribution in [3.8, 4) is 5.75 Å². The van der Waals surface area contributed by atoms with Crippen molar-refractivity contribution in [2.45, 2.75) is 38.1 Å². The molecule has 1 aromatic rings. The Morgan fingerprint density at radius 2 is 1.89 bits per heavy atom. The molecule has 2 aliphatic heterocycles. The van der Waals surface area contributed by atoms with Crippen LogP contribution in [0, 0.1) is 0 Å². The average Bonchev–Trinajstić information content (AvgIpc) is 3.20. The number of carbonyl (C=O) groups is 2. The average molecular weight is 374 g/mol. The van der Waals surface area contributed by atoms with Gasteiger partial charge in [-0.3, -0.25) is 4.79 Å². The first-order chi connectivity index (χ1) is 13.1. The first kappa shape index (κ1) is 19.5. The molecule has 148 valence electrons. The summed E-state index contributed by atoms with van der Waals surface area (Å²) in [5.74, 6) is 0.241. The lowest BCUT2D eigenvalue weighted by atomic mass is 10.0. The van der Waals surface area contributed by atoms with Gasteiger partial charge in [-0.05, 0) is 63.4 Å². The van der Waals surface area contributed by atoms with Gasteiger partial charge in [-0.1, -0.05) is 0 Å². The number of benzene rings is 1. The van der Waals surface area contributed by atoms with E-state index in [0.29, 0.717) is 17.0 Å². The molecule has 3 rings (SSSR count). The molecule has 27 heavy (non-hydrogen) atoms. The number of carbonyl (C=O) groups excluding carboxylic acids is 2. The van der Waals surface area contributed by atoms with Gasteiger partial charge in [-0.2, -0.15) is 0 Å². The third kappa shape index (κ3) is 4.71. The zero-order valence-electron chi connectivity index (χ0n) is 16.3. The van der Waals surface area contributed by atoms with E-state index in [0.717, 1.165) is 39.0 Å². The van der Waals surface area contributed by atoms with Crippen LogP contribution < -0.4 is 15.4 Å². The Balaban J connectivity index is 1.70. The topological polar surface area (TPSA) is 73.9 Å². The van der Waals surface area contributed by atoms with Crippen molar-refractivity contribution in [1.82, 2.24) is 15.1 Å². The fourth-order valence-electron chi connectivity index (χ4n) is 4.01. The molecule has 0 radical (unpaired) electrons. The van der Waals surface area contributed by atoms with Crippen molar-refractivity contribution in [2.24, 2.45) is 0 Å². The van der Waals surface area contributed by atoms with E-state index >= 15 is 0 Å². The van der Waals surface area contributed by atoms with E-state index in [-0.39, 0.29) is 18.0 Å². The summed E-state index contributed by atoms with van der Waals surface area (Å²) in [5.41, 5.74) is 1.01. The summed E-state index contributed by atoms with van der Waals surface area (Å²) in [6.07, 6.45) is 5.78. The van der Waals surface area contributed by atoms with Crippen LogP contribution >= 0.6 is 0 Å². The van der Waals surface area contributed by atoms with Crippen LogP contribution in [0.4, 0.5) is 10.5 Å². The van der Waals surface area contributed by atoms with E-state index in [2.05, 4.69) is 15.5 Å². The van der Waals surface area contributed by atoms with Crippen molar-refractivity contribution >= 4 is 17.6 Å². The predicted molar refractivity (Wildman–Crippen MR) is 105 cm³/mol. The van der Waals surface area contributed by atoms with Crippen LogP contribution in [0.5, 0.6) is 5.75 Å². The highest BCUT2D eigenvalue weighted by molar-refractivity contribution is 5.99. The number of methoxy groups -OCH3 is 1. The molecule has 0 aromatic heterocycles. The molecule has 2 saturated heterocycles.